The zero-order valence-corrected chi connectivity index (χ0v) is 9.83. The van der Waals surface area contributed by atoms with Crippen molar-refractivity contribution in [2.75, 3.05) is 6.54 Å². The summed E-state index contributed by atoms with van der Waals surface area (Å²) in [5, 5.41) is 16.0. The van der Waals surface area contributed by atoms with Crippen LogP contribution in [0, 0.1) is 0 Å². The van der Waals surface area contributed by atoms with Crippen LogP contribution in [0.15, 0.2) is 18.5 Å². The van der Waals surface area contributed by atoms with E-state index in [4.69, 9.17) is 5.11 Å². The number of rotatable bonds is 5. The first-order valence-corrected chi connectivity index (χ1v) is 5.35. The van der Waals surface area contributed by atoms with Gasteiger partial charge in [0.15, 0.2) is 0 Å². The first-order valence-electron chi connectivity index (χ1n) is 5.35. The fourth-order valence-electron chi connectivity index (χ4n) is 1.38. The van der Waals surface area contributed by atoms with Gasteiger partial charge in [-0.25, -0.2) is 0 Å². The van der Waals surface area contributed by atoms with Crippen LogP contribution in [-0.2, 0) is 4.79 Å². The van der Waals surface area contributed by atoms with Crippen LogP contribution < -0.4 is 0 Å². The largest absolute Gasteiger partial charge is 0.480 e. The van der Waals surface area contributed by atoms with Crippen LogP contribution in [0.1, 0.15) is 30.6 Å². The summed E-state index contributed by atoms with van der Waals surface area (Å²) in [7, 11) is 0. The molecule has 1 rings (SSSR count). The van der Waals surface area contributed by atoms with Gasteiger partial charge < -0.3 is 10.0 Å². The number of hydrogen-bond acceptors (Lipinski definition) is 4. The summed E-state index contributed by atoms with van der Waals surface area (Å²) < 4.78 is 0. The number of aliphatic carboxylic acids is 1. The van der Waals surface area contributed by atoms with E-state index in [0.29, 0.717) is 12.0 Å². The van der Waals surface area contributed by atoms with E-state index in [0.717, 1.165) is 0 Å². The molecule has 1 aromatic heterocycles. The van der Waals surface area contributed by atoms with Crippen LogP contribution in [0.2, 0.25) is 0 Å². The van der Waals surface area contributed by atoms with Crippen molar-refractivity contribution < 1.29 is 14.7 Å². The Morgan fingerprint density at radius 2 is 2.18 bits per heavy atom. The lowest BCUT2D eigenvalue weighted by molar-refractivity contribution is -0.138. The maximum atomic E-state index is 12.1. The molecule has 1 atom stereocenters. The molecule has 1 unspecified atom stereocenters. The van der Waals surface area contributed by atoms with Gasteiger partial charge in [0, 0.05) is 6.04 Å². The Bertz CT molecular complexity index is 394. The SMILES string of the molecule is CCC(C)N(CC(=O)O)C(=O)c1ccnnc1. The fourth-order valence-corrected chi connectivity index (χ4v) is 1.38. The lowest BCUT2D eigenvalue weighted by Crippen LogP contribution is -2.41. The molecule has 0 saturated carbocycles. The van der Waals surface area contributed by atoms with E-state index < -0.39 is 5.97 Å². The molecule has 1 N–H and O–H groups in total. The van der Waals surface area contributed by atoms with Crippen molar-refractivity contribution in [3.63, 3.8) is 0 Å². The van der Waals surface area contributed by atoms with Gasteiger partial charge >= 0.3 is 5.97 Å². The average Bonchev–Trinajstić information content (AvgIpc) is 2.35. The Hall–Kier alpha value is -1.98. The van der Waals surface area contributed by atoms with Gasteiger partial charge in [-0.1, -0.05) is 6.92 Å². The van der Waals surface area contributed by atoms with Crippen molar-refractivity contribution in [2.24, 2.45) is 0 Å². The van der Waals surface area contributed by atoms with Crippen molar-refractivity contribution in [3.05, 3.63) is 24.0 Å². The number of amides is 1. The Morgan fingerprint density at radius 3 is 2.65 bits per heavy atom. The summed E-state index contributed by atoms with van der Waals surface area (Å²) >= 11 is 0. The van der Waals surface area contributed by atoms with Gasteiger partial charge in [0.1, 0.15) is 6.54 Å². The van der Waals surface area contributed by atoms with Gasteiger partial charge in [0.05, 0.1) is 18.0 Å². The van der Waals surface area contributed by atoms with Gasteiger partial charge in [-0.2, -0.15) is 10.2 Å². The minimum absolute atomic E-state index is 0.133. The number of carboxylic acids is 1. The molecule has 0 spiro atoms. The van der Waals surface area contributed by atoms with Crippen molar-refractivity contribution in [1.29, 1.82) is 0 Å². The molecule has 92 valence electrons. The van der Waals surface area contributed by atoms with E-state index in [1.54, 1.807) is 0 Å². The Labute approximate surface area is 99.3 Å². The topological polar surface area (TPSA) is 83.4 Å². The normalized spacial score (nSPS) is 11.9. The number of carboxylic acid groups (broad SMARTS) is 1. The highest BCUT2D eigenvalue weighted by Crippen LogP contribution is 2.09. The third-order valence-corrected chi connectivity index (χ3v) is 2.52. The summed E-state index contributed by atoms with van der Waals surface area (Å²) in [5.41, 5.74) is 0.349. The lowest BCUT2D eigenvalue weighted by atomic mass is 10.2. The molecule has 0 saturated heterocycles. The third-order valence-electron chi connectivity index (χ3n) is 2.52. The Kier molecular flexibility index (Phi) is 4.56. The highest BCUT2D eigenvalue weighted by atomic mass is 16.4. The Morgan fingerprint density at radius 1 is 1.47 bits per heavy atom. The number of aromatic nitrogens is 2. The quantitative estimate of drug-likeness (QED) is 0.819. The van der Waals surface area contributed by atoms with Gasteiger partial charge in [0.25, 0.3) is 5.91 Å². The van der Waals surface area contributed by atoms with E-state index in [-0.39, 0.29) is 18.5 Å². The summed E-state index contributed by atoms with van der Waals surface area (Å²) in [6, 6.07) is 1.39. The molecule has 0 aromatic carbocycles. The van der Waals surface area contributed by atoms with E-state index in [1.165, 1.54) is 23.4 Å². The molecule has 6 nitrogen and oxygen atoms in total. The second-order valence-electron chi connectivity index (χ2n) is 3.72. The van der Waals surface area contributed by atoms with E-state index in [1.807, 2.05) is 13.8 Å². The van der Waals surface area contributed by atoms with Crippen LogP contribution >= 0.6 is 0 Å². The zero-order chi connectivity index (χ0) is 12.8. The van der Waals surface area contributed by atoms with Crippen LogP contribution in [0.5, 0.6) is 0 Å². The molecule has 6 heteroatoms. The third kappa shape index (κ3) is 3.51. The second-order valence-corrected chi connectivity index (χ2v) is 3.72. The van der Waals surface area contributed by atoms with Crippen LogP contribution in [0.3, 0.4) is 0 Å². The number of carbonyl (C=O) groups is 2. The molecular formula is C11H15N3O3. The molecule has 0 aliphatic rings. The predicted molar refractivity (Wildman–Crippen MR) is 60.5 cm³/mol. The summed E-state index contributed by atoms with van der Waals surface area (Å²) in [6.07, 6.45) is 3.43. The minimum Gasteiger partial charge on any atom is -0.480 e. The molecule has 17 heavy (non-hydrogen) atoms. The van der Waals surface area contributed by atoms with Crippen molar-refractivity contribution in [2.45, 2.75) is 26.3 Å². The predicted octanol–water partition coefficient (Wildman–Crippen LogP) is 0.802. The fraction of sp³-hybridized carbons (Fsp3) is 0.455. The summed E-state index contributed by atoms with van der Waals surface area (Å²) in [5.74, 6) is -1.36. The van der Waals surface area contributed by atoms with Crippen molar-refractivity contribution >= 4 is 11.9 Å². The molecular weight excluding hydrogens is 222 g/mol. The number of nitrogens with zero attached hydrogens (tertiary/aromatic N) is 3. The average molecular weight is 237 g/mol. The highest BCUT2D eigenvalue weighted by molar-refractivity contribution is 5.95. The van der Waals surface area contributed by atoms with Crippen LogP contribution in [0.4, 0.5) is 0 Å². The second kappa shape index (κ2) is 5.93. The van der Waals surface area contributed by atoms with Crippen LogP contribution in [-0.4, -0.2) is 44.7 Å². The molecule has 0 radical (unpaired) electrons. The lowest BCUT2D eigenvalue weighted by Gasteiger charge is -2.26. The highest BCUT2D eigenvalue weighted by Gasteiger charge is 2.22. The van der Waals surface area contributed by atoms with Crippen LogP contribution in [0.25, 0.3) is 0 Å². The van der Waals surface area contributed by atoms with Gasteiger partial charge in [-0.3, -0.25) is 9.59 Å². The first kappa shape index (κ1) is 13.1. The molecule has 1 amide bonds. The summed E-state index contributed by atoms with van der Waals surface area (Å²) in [4.78, 5) is 24.1. The first-order chi connectivity index (χ1) is 8.06. The standard InChI is InChI=1S/C11H15N3O3/c1-3-8(2)14(7-10(15)16)11(17)9-4-5-12-13-6-9/h4-6,8H,3,7H2,1-2H3,(H,15,16). The van der Waals surface area contributed by atoms with E-state index >= 15 is 0 Å². The van der Waals surface area contributed by atoms with E-state index in [2.05, 4.69) is 10.2 Å². The molecule has 0 aliphatic heterocycles. The minimum atomic E-state index is -1.03. The Balaban J connectivity index is 2.90. The van der Waals surface area contributed by atoms with Crippen molar-refractivity contribution in [1.82, 2.24) is 15.1 Å². The maximum absolute atomic E-state index is 12.1. The summed E-state index contributed by atoms with van der Waals surface area (Å²) in [6.45, 7) is 3.41. The zero-order valence-electron chi connectivity index (χ0n) is 9.83. The molecule has 1 aromatic rings. The van der Waals surface area contributed by atoms with E-state index in [9.17, 15) is 9.59 Å². The molecule has 1 heterocycles. The van der Waals surface area contributed by atoms with Gasteiger partial charge in [-0.15, -0.1) is 0 Å². The number of hydrogen-bond donors (Lipinski definition) is 1. The monoisotopic (exact) mass is 237 g/mol. The van der Waals surface area contributed by atoms with Crippen molar-refractivity contribution in [3.8, 4) is 0 Å². The molecule has 0 aliphatic carbocycles. The molecule has 0 fully saturated rings. The molecule has 0 bridgehead atoms. The number of carbonyl (C=O) groups excluding carboxylic acids is 1. The van der Waals surface area contributed by atoms with Gasteiger partial charge in [0.2, 0.25) is 0 Å². The maximum Gasteiger partial charge on any atom is 0.323 e. The van der Waals surface area contributed by atoms with Gasteiger partial charge in [-0.05, 0) is 19.4 Å². The smallest absolute Gasteiger partial charge is 0.323 e.